The van der Waals surface area contributed by atoms with Gasteiger partial charge in [0.15, 0.2) is 5.96 Å². The van der Waals surface area contributed by atoms with Crippen LogP contribution in [0.4, 0.5) is 13.2 Å². The zero-order valence-electron chi connectivity index (χ0n) is 12.6. The standard InChI is InChI=1S/C11H19N3Si.C2HF3O2/c1-15(2,3)10-6-4-5-9(7-10)8-14-11(12)13;3-2(4,5)1(6)7/h4-7H,8H2,1-3H3,(H4,12,13,14);(H,6,7). The normalized spacial score (nSPS) is 11.2. The van der Waals surface area contributed by atoms with E-state index in [0.29, 0.717) is 6.54 Å². The third-order valence-corrected chi connectivity index (χ3v) is 4.52. The van der Waals surface area contributed by atoms with Gasteiger partial charge in [0.25, 0.3) is 0 Å². The summed E-state index contributed by atoms with van der Waals surface area (Å²) >= 11 is 0. The number of guanidine groups is 1. The molecule has 0 radical (unpaired) electrons. The minimum Gasteiger partial charge on any atom is -0.475 e. The molecule has 0 aliphatic heterocycles. The number of aliphatic carboxylic acids is 1. The van der Waals surface area contributed by atoms with Crippen LogP contribution in [-0.2, 0) is 11.3 Å². The summed E-state index contributed by atoms with van der Waals surface area (Å²) in [4.78, 5) is 12.9. The van der Waals surface area contributed by atoms with Gasteiger partial charge in [-0.05, 0) is 5.56 Å². The molecule has 0 aliphatic carbocycles. The molecule has 0 atom stereocenters. The van der Waals surface area contributed by atoms with Crippen molar-refractivity contribution in [3.05, 3.63) is 29.8 Å². The second-order valence-corrected chi connectivity index (χ2v) is 10.6. The predicted octanol–water partition coefficient (Wildman–Crippen LogP) is 1.64. The van der Waals surface area contributed by atoms with Crippen LogP contribution in [0.3, 0.4) is 0 Å². The van der Waals surface area contributed by atoms with Crippen molar-refractivity contribution in [1.82, 2.24) is 0 Å². The lowest BCUT2D eigenvalue weighted by molar-refractivity contribution is -0.192. The molecule has 1 rings (SSSR count). The molecule has 1 aromatic rings. The smallest absolute Gasteiger partial charge is 0.475 e. The summed E-state index contributed by atoms with van der Waals surface area (Å²) in [5, 5.41) is 8.56. The fraction of sp³-hybridized carbons (Fsp3) is 0.385. The van der Waals surface area contributed by atoms with Crippen LogP contribution in [0.15, 0.2) is 29.3 Å². The zero-order valence-corrected chi connectivity index (χ0v) is 13.6. The molecule has 5 N–H and O–H groups in total. The number of alkyl halides is 3. The Morgan fingerprint density at radius 2 is 1.77 bits per heavy atom. The number of carbonyl (C=O) groups is 1. The quantitative estimate of drug-likeness (QED) is 0.444. The van der Waals surface area contributed by atoms with Gasteiger partial charge in [0, 0.05) is 0 Å². The van der Waals surface area contributed by atoms with Crippen LogP contribution in [0, 0.1) is 0 Å². The summed E-state index contributed by atoms with van der Waals surface area (Å²) in [6.45, 7) is 7.55. The molecule has 1 aromatic carbocycles. The first kappa shape index (κ1) is 20.0. The molecule has 0 saturated carbocycles. The number of hydrogen-bond acceptors (Lipinski definition) is 2. The fourth-order valence-electron chi connectivity index (χ4n) is 1.32. The maximum atomic E-state index is 10.6. The van der Waals surface area contributed by atoms with Gasteiger partial charge < -0.3 is 16.6 Å². The van der Waals surface area contributed by atoms with Crippen LogP contribution in [-0.4, -0.2) is 31.3 Å². The minimum absolute atomic E-state index is 0.147. The Kier molecular flexibility index (Phi) is 7.10. The van der Waals surface area contributed by atoms with E-state index in [9.17, 15) is 13.2 Å². The second kappa shape index (κ2) is 7.83. The average molecular weight is 335 g/mol. The molecule has 0 spiro atoms. The fourth-order valence-corrected chi connectivity index (χ4v) is 2.53. The van der Waals surface area contributed by atoms with Crippen molar-refractivity contribution in [1.29, 1.82) is 0 Å². The Labute approximate surface area is 127 Å². The van der Waals surface area contributed by atoms with Crippen molar-refractivity contribution in [2.45, 2.75) is 32.4 Å². The molecule has 124 valence electrons. The largest absolute Gasteiger partial charge is 0.490 e. The summed E-state index contributed by atoms with van der Waals surface area (Å²) in [5.41, 5.74) is 11.8. The van der Waals surface area contributed by atoms with E-state index in [1.807, 2.05) is 0 Å². The van der Waals surface area contributed by atoms with Crippen molar-refractivity contribution in [2.24, 2.45) is 16.5 Å². The van der Waals surface area contributed by atoms with Crippen molar-refractivity contribution in [2.75, 3.05) is 0 Å². The molecule has 0 unspecified atom stereocenters. The number of benzene rings is 1. The molecular formula is C13H20F3N3O2Si. The Bertz CT molecular complexity index is 536. The van der Waals surface area contributed by atoms with E-state index in [4.69, 9.17) is 21.4 Å². The third-order valence-electron chi connectivity index (χ3n) is 2.48. The second-order valence-electron chi connectivity index (χ2n) is 5.49. The van der Waals surface area contributed by atoms with Gasteiger partial charge in [-0.25, -0.2) is 9.79 Å². The average Bonchev–Trinajstić information content (AvgIpc) is 2.35. The van der Waals surface area contributed by atoms with E-state index in [1.54, 1.807) is 0 Å². The number of aliphatic imine (C=N–C) groups is 1. The first-order valence-electron chi connectivity index (χ1n) is 6.29. The zero-order chi connectivity index (χ0) is 17.6. The van der Waals surface area contributed by atoms with Gasteiger partial charge in [-0.2, -0.15) is 13.2 Å². The SMILES string of the molecule is C[Si](C)(C)c1cccc(CN=C(N)N)c1.O=C(O)C(F)(F)F. The number of nitrogens with two attached hydrogens (primary N) is 2. The molecule has 0 fully saturated rings. The summed E-state index contributed by atoms with van der Waals surface area (Å²) in [7, 11) is -1.23. The molecule has 22 heavy (non-hydrogen) atoms. The van der Waals surface area contributed by atoms with Gasteiger partial charge in [0.2, 0.25) is 0 Å². The number of carboxylic acid groups (broad SMARTS) is 1. The van der Waals surface area contributed by atoms with Gasteiger partial charge in [0.05, 0.1) is 14.6 Å². The maximum absolute atomic E-state index is 10.6. The van der Waals surface area contributed by atoms with Gasteiger partial charge in [-0.3, -0.25) is 0 Å². The van der Waals surface area contributed by atoms with E-state index in [1.165, 1.54) is 10.8 Å². The minimum atomic E-state index is -5.08. The van der Waals surface area contributed by atoms with Crippen molar-refractivity contribution in [3.8, 4) is 0 Å². The molecule has 0 heterocycles. The van der Waals surface area contributed by atoms with Gasteiger partial charge in [-0.15, -0.1) is 0 Å². The Hall–Kier alpha value is -2.03. The van der Waals surface area contributed by atoms with E-state index in [0.717, 1.165) is 0 Å². The highest BCUT2D eigenvalue weighted by molar-refractivity contribution is 6.88. The van der Waals surface area contributed by atoms with Crippen LogP contribution >= 0.6 is 0 Å². The van der Waals surface area contributed by atoms with Crippen molar-refractivity contribution < 1.29 is 23.1 Å². The Morgan fingerprint density at radius 1 is 1.27 bits per heavy atom. The van der Waals surface area contributed by atoms with Gasteiger partial charge in [-0.1, -0.05) is 49.1 Å². The molecular weight excluding hydrogens is 315 g/mol. The lowest BCUT2D eigenvalue weighted by Crippen LogP contribution is -2.37. The van der Waals surface area contributed by atoms with Gasteiger partial charge in [0.1, 0.15) is 0 Å². The lowest BCUT2D eigenvalue weighted by Gasteiger charge is -2.17. The molecule has 9 heteroatoms. The van der Waals surface area contributed by atoms with Gasteiger partial charge >= 0.3 is 12.1 Å². The summed E-state index contributed by atoms with van der Waals surface area (Å²) < 4.78 is 31.7. The lowest BCUT2D eigenvalue weighted by atomic mass is 10.2. The van der Waals surface area contributed by atoms with Crippen LogP contribution in [0.25, 0.3) is 0 Å². The monoisotopic (exact) mass is 335 g/mol. The van der Waals surface area contributed by atoms with Crippen LogP contribution < -0.4 is 16.7 Å². The number of hydrogen-bond donors (Lipinski definition) is 3. The van der Waals surface area contributed by atoms with E-state index in [-0.39, 0.29) is 5.96 Å². The topological polar surface area (TPSA) is 102 Å². The van der Waals surface area contributed by atoms with E-state index >= 15 is 0 Å². The molecule has 0 amide bonds. The summed E-state index contributed by atoms with van der Waals surface area (Å²) in [6.07, 6.45) is -5.08. The van der Waals surface area contributed by atoms with E-state index in [2.05, 4.69) is 48.9 Å². The first-order valence-corrected chi connectivity index (χ1v) is 9.79. The van der Waals surface area contributed by atoms with Crippen molar-refractivity contribution >= 4 is 25.2 Å². The molecule has 0 aliphatic rings. The summed E-state index contributed by atoms with van der Waals surface area (Å²) in [5.74, 6) is -2.61. The Morgan fingerprint density at radius 3 is 2.14 bits per heavy atom. The van der Waals surface area contributed by atoms with Crippen LogP contribution in [0.2, 0.25) is 19.6 Å². The first-order chi connectivity index (χ1) is 9.84. The molecule has 0 saturated heterocycles. The number of carboxylic acids is 1. The highest BCUT2D eigenvalue weighted by atomic mass is 28.3. The Balaban J connectivity index is 0.000000534. The summed E-state index contributed by atoms with van der Waals surface area (Å²) in [6, 6.07) is 8.52. The maximum Gasteiger partial charge on any atom is 0.490 e. The van der Waals surface area contributed by atoms with Crippen LogP contribution in [0.1, 0.15) is 5.56 Å². The molecule has 0 aromatic heterocycles. The number of halogens is 3. The number of nitrogens with zero attached hydrogens (tertiary/aromatic N) is 1. The highest BCUT2D eigenvalue weighted by Crippen LogP contribution is 2.13. The third kappa shape index (κ3) is 8.30. The molecule has 5 nitrogen and oxygen atoms in total. The predicted molar refractivity (Wildman–Crippen MR) is 82.6 cm³/mol. The molecule has 0 bridgehead atoms. The van der Waals surface area contributed by atoms with E-state index < -0.39 is 20.2 Å². The van der Waals surface area contributed by atoms with Crippen molar-refractivity contribution in [3.63, 3.8) is 0 Å². The highest BCUT2D eigenvalue weighted by Gasteiger charge is 2.38. The van der Waals surface area contributed by atoms with Crippen LogP contribution in [0.5, 0.6) is 0 Å². The number of rotatable bonds is 3.